The van der Waals surface area contributed by atoms with Gasteiger partial charge in [-0.25, -0.2) is 9.97 Å². The van der Waals surface area contributed by atoms with Gasteiger partial charge >= 0.3 is 0 Å². The highest BCUT2D eigenvalue weighted by molar-refractivity contribution is 5.60. The Morgan fingerprint density at radius 1 is 1.37 bits per heavy atom. The lowest BCUT2D eigenvalue weighted by atomic mass is 9.85. The van der Waals surface area contributed by atoms with E-state index < -0.39 is 0 Å². The Balaban J connectivity index is 2.29. The molecule has 0 bridgehead atoms. The van der Waals surface area contributed by atoms with Crippen molar-refractivity contribution in [2.75, 3.05) is 30.4 Å². The summed E-state index contributed by atoms with van der Waals surface area (Å²) in [6, 6.07) is 0. The van der Waals surface area contributed by atoms with Crippen molar-refractivity contribution < 1.29 is 0 Å². The van der Waals surface area contributed by atoms with E-state index in [1.54, 1.807) is 6.33 Å². The quantitative estimate of drug-likeness (QED) is 0.854. The number of hydrogen-bond acceptors (Lipinski definition) is 4. The van der Waals surface area contributed by atoms with E-state index in [1.807, 2.05) is 7.05 Å². The van der Waals surface area contributed by atoms with Gasteiger partial charge in [0, 0.05) is 25.7 Å². The molecule has 2 rings (SSSR count). The first-order chi connectivity index (χ1) is 9.17. The summed E-state index contributed by atoms with van der Waals surface area (Å²) in [5.41, 5.74) is 1.24. The molecule has 1 N–H and O–H groups in total. The SMILES string of the molecule is CCN(CC1CCC1)c1ncnc(NC)c1C(C)C. The van der Waals surface area contributed by atoms with E-state index in [4.69, 9.17) is 0 Å². The van der Waals surface area contributed by atoms with Crippen molar-refractivity contribution in [3.05, 3.63) is 11.9 Å². The Labute approximate surface area is 116 Å². The van der Waals surface area contributed by atoms with Gasteiger partial charge in [0.15, 0.2) is 0 Å². The molecular weight excluding hydrogens is 236 g/mol. The van der Waals surface area contributed by atoms with Crippen LogP contribution in [-0.4, -0.2) is 30.1 Å². The standard InChI is InChI=1S/C15H26N4/c1-5-19(9-12-7-6-8-12)15-13(11(2)3)14(16-4)17-10-18-15/h10-12H,5-9H2,1-4H3,(H,16,17,18). The van der Waals surface area contributed by atoms with Crippen LogP contribution in [0.5, 0.6) is 0 Å². The van der Waals surface area contributed by atoms with Gasteiger partial charge in [0.2, 0.25) is 0 Å². The third-order valence-corrected chi connectivity index (χ3v) is 4.06. The molecule has 1 aliphatic carbocycles. The van der Waals surface area contributed by atoms with Gasteiger partial charge in [-0.05, 0) is 31.6 Å². The fourth-order valence-corrected chi connectivity index (χ4v) is 2.72. The van der Waals surface area contributed by atoms with E-state index >= 15 is 0 Å². The van der Waals surface area contributed by atoms with Crippen molar-refractivity contribution in [1.29, 1.82) is 0 Å². The monoisotopic (exact) mass is 262 g/mol. The van der Waals surface area contributed by atoms with Crippen LogP contribution in [0.1, 0.15) is 51.5 Å². The number of nitrogens with zero attached hydrogens (tertiary/aromatic N) is 3. The summed E-state index contributed by atoms with van der Waals surface area (Å²) in [5.74, 6) is 3.36. The second kappa shape index (κ2) is 6.22. The fourth-order valence-electron chi connectivity index (χ4n) is 2.72. The van der Waals surface area contributed by atoms with Gasteiger partial charge < -0.3 is 10.2 Å². The van der Waals surface area contributed by atoms with Crippen LogP contribution in [0, 0.1) is 5.92 Å². The van der Waals surface area contributed by atoms with Gasteiger partial charge in [-0.3, -0.25) is 0 Å². The maximum absolute atomic E-state index is 4.57. The molecule has 0 amide bonds. The van der Waals surface area contributed by atoms with E-state index in [2.05, 4.69) is 41.0 Å². The number of anilines is 2. The third-order valence-electron chi connectivity index (χ3n) is 4.06. The molecule has 4 heteroatoms. The maximum atomic E-state index is 4.57. The fraction of sp³-hybridized carbons (Fsp3) is 0.733. The van der Waals surface area contributed by atoms with E-state index in [-0.39, 0.29) is 0 Å². The summed E-state index contributed by atoms with van der Waals surface area (Å²) in [4.78, 5) is 11.3. The molecule has 19 heavy (non-hydrogen) atoms. The molecule has 106 valence electrons. The second-order valence-electron chi connectivity index (χ2n) is 5.70. The molecule has 0 radical (unpaired) electrons. The maximum Gasteiger partial charge on any atom is 0.137 e. The highest BCUT2D eigenvalue weighted by Gasteiger charge is 2.24. The molecule has 1 aromatic heterocycles. The summed E-state index contributed by atoms with van der Waals surface area (Å²) >= 11 is 0. The zero-order chi connectivity index (χ0) is 13.8. The Morgan fingerprint density at radius 2 is 2.11 bits per heavy atom. The van der Waals surface area contributed by atoms with Crippen molar-refractivity contribution in [3.8, 4) is 0 Å². The highest BCUT2D eigenvalue weighted by Crippen LogP contribution is 2.33. The van der Waals surface area contributed by atoms with Gasteiger partial charge in [-0.2, -0.15) is 0 Å². The number of hydrogen-bond donors (Lipinski definition) is 1. The highest BCUT2D eigenvalue weighted by atomic mass is 15.2. The average Bonchev–Trinajstić information content (AvgIpc) is 2.36. The molecule has 0 saturated heterocycles. The summed E-state index contributed by atoms with van der Waals surface area (Å²) in [5, 5.41) is 3.20. The lowest BCUT2D eigenvalue weighted by Crippen LogP contribution is -2.34. The van der Waals surface area contributed by atoms with Gasteiger partial charge in [0.1, 0.15) is 18.0 Å². The molecule has 0 unspecified atom stereocenters. The van der Waals surface area contributed by atoms with Crippen molar-refractivity contribution in [3.63, 3.8) is 0 Å². The zero-order valence-corrected chi connectivity index (χ0v) is 12.6. The van der Waals surface area contributed by atoms with Gasteiger partial charge in [-0.1, -0.05) is 20.3 Å². The van der Waals surface area contributed by atoms with E-state index in [9.17, 15) is 0 Å². The molecule has 0 atom stereocenters. The van der Waals surface area contributed by atoms with Crippen molar-refractivity contribution in [2.45, 2.75) is 46.0 Å². The van der Waals surface area contributed by atoms with Crippen molar-refractivity contribution in [2.24, 2.45) is 5.92 Å². The van der Waals surface area contributed by atoms with E-state index in [0.717, 1.165) is 30.6 Å². The molecule has 1 fully saturated rings. The van der Waals surface area contributed by atoms with Crippen LogP contribution in [-0.2, 0) is 0 Å². The van der Waals surface area contributed by atoms with Crippen LogP contribution < -0.4 is 10.2 Å². The molecule has 4 nitrogen and oxygen atoms in total. The molecule has 1 saturated carbocycles. The molecule has 0 spiro atoms. The largest absolute Gasteiger partial charge is 0.373 e. The second-order valence-corrected chi connectivity index (χ2v) is 5.70. The molecule has 0 aromatic carbocycles. The number of rotatable bonds is 6. The topological polar surface area (TPSA) is 41.1 Å². The number of aromatic nitrogens is 2. The Hall–Kier alpha value is -1.32. The minimum Gasteiger partial charge on any atom is -0.373 e. The lowest BCUT2D eigenvalue weighted by Gasteiger charge is -2.34. The first-order valence-electron chi connectivity index (χ1n) is 7.44. The molecule has 0 aliphatic heterocycles. The van der Waals surface area contributed by atoms with Crippen LogP contribution >= 0.6 is 0 Å². The predicted octanol–water partition coefficient (Wildman–Crippen LogP) is 3.27. The van der Waals surface area contributed by atoms with Gasteiger partial charge in [0.25, 0.3) is 0 Å². The summed E-state index contributed by atoms with van der Waals surface area (Å²) in [7, 11) is 1.93. The van der Waals surface area contributed by atoms with Crippen LogP contribution in [0.4, 0.5) is 11.6 Å². The summed E-state index contributed by atoms with van der Waals surface area (Å²) in [6.07, 6.45) is 5.82. The lowest BCUT2D eigenvalue weighted by molar-refractivity contribution is 0.318. The Bertz CT molecular complexity index is 413. The minimum atomic E-state index is 0.425. The summed E-state index contributed by atoms with van der Waals surface area (Å²) < 4.78 is 0. The summed E-state index contributed by atoms with van der Waals surface area (Å²) in [6.45, 7) is 8.77. The zero-order valence-electron chi connectivity index (χ0n) is 12.6. The third kappa shape index (κ3) is 2.99. The van der Waals surface area contributed by atoms with Gasteiger partial charge in [-0.15, -0.1) is 0 Å². The van der Waals surface area contributed by atoms with E-state index in [1.165, 1.54) is 24.8 Å². The van der Waals surface area contributed by atoms with Gasteiger partial charge in [0.05, 0.1) is 0 Å². The number of nitrogens with one attached hydrogen (secondary N) is 1. The predicted molar refractivity (Wildman–Crippen MR) is 80.9 cm³/mol. The molecule has 1 aliphatic rings. The van der Waals surface area contributed by atoms with Crippen LogP contribution in [0.3, 0.4) is 0 Å². The Kier molecular flexibility index (Phi) is 4.61. The van der Waals surface area contributed by atoms with Crippen LogP contribution in [0.2, 0.25) is 0 Å². The van der Waals surface area contributed by atoms with Crippen molar-refractivity contribution in [1.82, 2.24) is 9.97 Å². The average molecular weight is 262 g/mol. The van der Waals surface area contributed by atoms with Crippen LogP contribution in [0.25, 0.3) is 0 Å². The Morgan fingerprint density at radius 3 is 2.58 bits per heavy atom. The van der Waals surface area contributed by atoms with Crippen molar-refractivity contribution >= 4 is 11.6 Å². The first kappa shape index (κ1) is 14.1. The normalized spacial score (nSPS) is 15.4. The van der Waals surface area contributed by atoms with E-state index in [0.29, 0.717) is 5.92 Å². The smallest absolute Gasteiger partial charge is 0.137 e. The van der Waals surface area contributed by atoms with Crippen LogP contribution in [0.15, 0.2) is 6.33 Å². The molecular formula is C15H26N4. The molecule has 1 heterocycles. The minimum absolute atomic E-state index is 0.425. The first-order valence-corrected chi connectivity index (χ1v) is 7.44. The molecule has 1 aromatic rings.